The largest absolute Gasteiger partial charge is 0.339 e. The number of nitrogen functional groups attached to an aromatic ring is 1. The Balaban J connectivity index is 2.09. The number of piperidine rings is 1. The molecule has 1 aromatic rings. The molecule has 0 aliphatic carbocycles. The molecular formula is C16H25N3O. The van der Waals surface area contributed by atoms with Gasteiger partial charge in [-0.05, 0) is 48.9 Å². The molecule has 0 radical (unpaired) electrons. The second-order valence-electron chi connectivity index (χ2n) is 6.13. The second-order valence-corrected chi connectivity index (χ2v) is 6.13. The fourth-order valence-corrected chi connectivity index (χ4v) is 2.77. The van der Waals surface area contributed by atoms with Crippen molar-refractivity contribution in [2.45, 2.75) is 40.0 Å². The van der Waals surface area contributed by atoms with Crippen LogP contribution in [0.1, 0.15) is 49.0 Å². The average molecular weight is 275 g/mol. The van der Waals surface area contributed by atoms with Crippen molar-refractivity contribution in [2.24, 2.45) is 11.3 Å². The van der Waals surface area contributed by atoms with Gasteiger partial charge in [-0.25, -0.2) is 0 Å². The van der Waals surface area contributed by atoms with Crippen LogP contribution in [0.25, 0.3) is 0 Å². The Bertz CT molecular complexity index is 490. The molecule has 1 heterocycles. The van der Waals surface area contributed by atoms with Gasteiger partial charge in [0.2, 0.25) is 0 Å². The third kappa shape index (κ3) is 2.96. The lowest BCUT2D eigenvalue weighted by Gasteiger charge is -2.39. The van der Waals surface area contributed by atoms with Gasteiger partial charge in [0.15, 0.2) is 0 Å². The molecule has 4 nitrogen and oxygen atoms in total. The van der Waals surface area contributed by atoms with Crippen LogP contribution in [0.5, 0.6) is 0 Å². The molecule has 0 saturated carbocycles. The molecule has 0 aromatic heterocycles. The summed E-state index contributed by atoms with van der Waals surface area (Å²) in [6.07, 6.45) is 3.37. The number of amides is 1. The smallest absolute Gasteiger partial charge is 0.254 e. The fourth-order valence-electron chi connectivity index (χ4n) is 2.77. The summed E-state index contributed by atoms with van der Waals surface area (Å²) in [6, 6.07) is 5.62. The van der Waals surface area contributed by atoms with Crippen molar-refractivity contribution in [2.75, 3.05) is 18.5 Å². The lowest BCUT2D eigenvalue weighted by Crippen LogP contribution is -2.42. The van der Waals surface area contributed by atoms with Gasteiger partial charge >= 0.3 is 0 Å². The monoisotopic (exact) mass is 275 g/mol. The number of nitrogens with one attached hydrogen (secondary N) is 1. The van der Waals surface area contributed by atoms with Gasteiger partial charge in [0.25, 0.3) is 5.91 Å². The minimum absolute atomic E-state index is 0.143. The maximum absolute atomic E-state index is 12.6. The number of aryl methyl sites for hydroxylation is 1. The summed E-state index contributed by atoms with van der Waals surface area (Å²) in [5.41, 5.74) is 5.59. The van der Waals surface area contributed by atoms with Gasteiger partial charge in [-0.15, -0.1) is 0 Å². The van der Waals surface area contributed by atoms with E-state index in [0.29, 0.717) is 5.41 Å². The van der Waals surface area contributed by atoms with Crippen molar-refractivity contribution < 1.29 is 4.79 Å². The number of carbonyl (C=O) groups excluding carboxylic acids is 1. The Hall–Kier alpha value is -1.55. The first-order valence-corrected chi connectivity index (χ1v) is 7.35. The number of hydrazine groups is 1. The molecule has 1 saturated heterocycles. The van der Waals surface area contributed by atoms with Gasteiger partial charge < -0.3 is 10.3 Å². The number of carbonyl (C=O) groups is 1. The van der Waals surface area contributed by atoms with Crippen molar-refractivity contribution in [3.63, 3.8) is 0 Å². The van der Waals surface area contributed by atoms with Crippen LogP contribution in [0.3, 0.4) is 0 Å². The van der Waals surface area contributed by atoms with E-state index in [0.717, 1.165) is 42.7 Å². The highest BCUT2D eigenvalue weighted by Crippen LogP contribution is 2.34. The Kier molecular flexibility index (Phi) is 4.33. The highest BCUT2D eigenvalue weighted by atomic mass is 16.2. The van der Waals surface area contributed by atoms with E-state index in [1.807, 2.05) is 30.0 Å². The molecule has 4 heteroatoms. The maximum Gasteiger partial charge on any atom is 0.254 e. The first-order chi connectivity index (χ1) is 9.49. The Labute approximate surface area is 121 Å². The van der Waals surface area contributed by atoms with E-state index in [-0.39, 0.29) is 5.91 Å². The lowest BCUT2D eigenvalue weighted by molar-refractivity contribution is 0.0599. The number of hydrogen-bond acceptors (Lipinski definition) is 3. The number of benzene rings is 1. The Morgan fingerprint density at radius 3 is 2.55 bits per heavy atom. The second kappa shape index (κ2) is 5.83. The average Bonchev–Trinajstić information content (AvgIpc) is 2.47. The maximum atomic E-state index is 12.6. The standard InChI is InChI=1S/C16H25N3O/c1-4-16(3)7-9-19(10-8-16)15(20)14-6-5-13(18-17)11-12(14)2/h5-6,11,18H,4,7-10,17H2,1-3H3. The van der Waals surface area contributed by atoms with Crippen molar-refractivity contribution in [3.05, 3.63) is 29.3 Å². The number of rotatable bonds is 3. The fraction of sp³-hybridized carbons (Fsp3) is 0.562. The zero-order chi connectivity index (χ0) is 14.8. The summed E-state index contributed by atoms with van der Waals surface area (Å²) in [5.74, 6) is 5.53. The molecule has 1 aliphatic heterocycles. The Morgan fingerprint density at radius 1 is 1.40 bits per heavy atom. The number of likely N-dealkylation sites (tertiary alicyclic amines) is 1. The van der Waals surface area contributed by atoms with E-state index in [1.165, 1.54) is 6.42 Å². The number of nitrogens with two attached hydrogens (primary N) is 1. The number of hydrogen-bond donors (Lipinski definition) is 2. The first-order valence-electron chi connectivity index (χ1n) is 7.35. The van der Waals surface area contributed by atoms with Crippen LogP contribution in [0.4, 0.5) is 5.69 Å². The summed E-state index contributed by atoms with van der Waals surface area (Å²) in [6.45, 7) is 8.23. The van der Waals surface area contributed by atoms with Gasteiger partial charge in [0.05, 0.1) is 0 Å². The minimum Gasteiger partial charge on any atom is -0.339 e. The zero-order valence-corrected chi connectivity index (χ0v) is 12.7. The summed E-state index contributed by atoms with van der Waals surface area (Å²) in [4.78, 5) is 14.6. The lowest BCUT2D eigenvalue weighted by atomic mass is 9.78. The molecule has 0 atom stereocenters. The topological polar surface area (TPSA) is 58.4 Å². The van der Waals surface area contributed by atoms with Crippen LogP contribution in [0.2, 0.25) is 0 Å². The van der Waals surface area contributed by atoms with Crippen molar-refractivity contribution in [1.29, 1.82) is 0 Å². The molecule has 1 fully saturated rings. The van der Waals surface area contributed by atoms with Crippen molar-refractivity contribution in [3.8, 4) is 0 Å². The van der Waals surface area contributed by atoms with Crippen LogP contribution in [0, 0.1) is 12.3 Å². The van der Waals surface area contributed by atoms with E-state index < -0.39 is 0 Å². The number of nitrogens with zero attached hydrogens (tertiary/aromatic N) is 1. The van der Waals surface area contributed by atoms with E-state index >= 15 is 0 Å². The molecule has 2 rings (SSSR count). The summed E-state index contributed by atoms with van der Waals surface area (Å²) < 4.78 is 0. The van der Waals surface area contributed by atoms with E-state index in [9.17, 15) is 4.79 Å². The van der Waals surface area contributed by atoms with Gasteiger partial charge in [-0.3, -0.25) is 10.6 Å². The van der Waals surface area contributed by atoms with Crippen LogP contribution in [0.15, 0.2) is 18.2 Å². The van der Waals surface area contributed by atoms with E-state index in [2.05, 4.69) is 19.3 Å². The van der Waals surface area contributed by atoms with Gasteiger partial charge in [0, 0.05) is 24.3 Å². The van der Waals surface area contributed by atoms with Crippen molar-refractivity contribution in [1.82, 2.24) is 4.90 Å². The third-order valence-electron chi connectivity index (χ3n) is 4.73. The Morgan fingerprint density at radius 2 is 2.05 bits per heavy atom. The highest BCUT2D eigenvalue weighted by Gasteiger charge is 2.30. The van der Waals surface area contributed by atoms with Gasteiger partial charge in [0.1, 0.15) is 0 Å². The number of anilines is 1. The molecule has 0 bridgehead atoms. The SMILES string of the molecule is CCC1(C)CCN(C(=O)c2ccc(NN)cc2C)CC1. The summed E-state index contributed by atoms with van der Waals surface area (Å²) >= 11 is 0. The normalized spacial score (nSPS) is 17.9. The van der Waals surface area contributed by atoms with Gasteiger partial charge in [-0.1, -0.05) is 20.3 Å². The quantitative estimate of drug-likeness (QED) is 0.658. The van der Waals surface area contributed by atoms with Crippen LogP contribution in [-0.4, -0.2) is 23.9 Å². The van der Waals surface area contributed by atoms with Crippen LogP contribution in [-0.2, 0) is 0 Å². The van der Waals surface area contributed by atoms with Crippen LogP contribution >= 0.6 is 0 Å². The molecule has 1 aliphatic rings. The predicted molar refractivity (Wildman–Crippen MR) is 82.5 cm³/mol. The zero-order valence-electron chi connectivity index (χ0n) is 12.7. The van der Waals surface area contributed by atoms with E-state index in [4.69, 9.17) is 5.84 Å². The third-order valence-corrected chi connectivity index (χ3v) is 4.73. The molecule has 110 valence electrons. The van der Waals surface area contributed by atoms with E-state index in [1.54, 1.807) is 0 Å². The molecule has 0 unspecified atom stereocenters. The molecule has 3 N–H and O–H groups in total. The molecule has 1 amide bonds. The summed E-state index contributed by atoms with van der Waals surface area (Å²) in [5, 5.41) is 0. The molecule has 20 heavy (non-hydrogen) atoms. The van der Waals surface area contributed by atoms with Gasteiger partial charge in [-0.2, -0.15) is 0 Å². The first kappa shape index (κ1) is 14.9. The highest BCUT2D eigenvalue weighted by molar-refractivity contribution is 5.96. The predicted octanol–water partition coefficient (Wildman–Crippen LogP) is 2.93. The minimum atomic E-state index is 0.143. The molecular weight excluding hydrogens is 250 g/mol. The molecule has 1 aromatic carbocycles. The van der Waals surface area contributed by atoms with Crippen molar-refractivity contribution >= 4 is 11.6 Å². The summed E-state index contributed by atoms with van der Waals surface area (Å²) in [7, 11) is 0. The molecule has 0 spiro atoms. The van der Waals surface area contributed by atoms with Crippen LogP contribution < -0.4 is 11.3 Å².